The van der Waals surface area contributed by atoms with Gasteiger partial charge in [0.1, 0.15) is 11.5 Å². The van der Waals surface area contributed by atoms with Gasteiger partial charge in [-0.15, -0.1) is 0 Å². The molecule has 32 heavy (non-hydrogen) atoms. The molecule has 1 aromatic carbocycles. The van der Waals surface area contributed by atoms with Crippen LogP contribution in [0.2, 0.25) is 0 Å². The Morgan fingerprint density at radius 2 is 2.03 bits per heavy atom. The molecule has 2 aromatic rings. The van der Waals surface area contributed by atoms with E-state index < -0.39 is 0 Å². The van der Waals surface area contributed by atoms with Crippen molar-refractivity contribution in [2.75, 3.05) is 46.8 Å². The molecule has 3 rings (SSSR count). The van der Waals surface area contributed by atoms with Crippen molar-refractivity contribution in [3.05, 3.63) is 53.1 Å². The van der Waals surface area contributed by atoms with Crippen molar-refractivity contribution in [1.82, 2.24) is 24.5 Å². The minimum atomic E-state index is -0.142. The average Bonchev–Trinajstić information content (AvgIpc) is 3.13. The van der Waals surface area contributed by atoms with Crippen LogP contribution in [0.25, 0.3) is 0 Å². The molecule has 0 radical (unpaired) electrons. The van der Waals surface area contributed by atoms with Gasteiger partial charge in [0, 0.05) is 45.3 Å². The topological polar surface area (TPSA) is 44.6 Å². The second-order valence-electron chi connectivity index (χ2n) is 9.28. The lowest BCUT2D eigenvalue weighted by molar-refractivity contribution is 0.0649. The first-order valence-electron chi connectivity index (χ1n) is 11.8. The van der Waals surface area contributed by atoms with Crippen LogP contribution in [0, 0.1) is 11.7 Å². The van der Waals surface area contributed by atoms with Gasteiger partial charge >= 0.3 is 0 Å². The summed E-state index contributed by atoms with van der Waals surface area (Å²) in [5, 5.41) is 4.53. The number of rotatable bonds is 10. The number of carbonyl (C=O) groups is 1. The molecule has 1 amide bonds. The summed E-state index contributed by atoms with van der Waals surface area (Å²) in [6.07, 6.45) is 4.05. The number of aromatic nitrogens is 2. The molecule has 1 fully saturated rings. The third-order valence-corrected chi connectivity index (χ3v) is 6.19. The van der Waals surface area contributed by atoms with Crippen LogP contribution in [0.1, 0.15) is 47.9 Å². The van der Waals surface area contributed by atoms with E-state index in [0.29, 0.717) is 24.7 Å². The molecule has 0 N–H and O–H groups in total. The Kier molecular flexibility index (Phi) is 8.82. The van der Waals surface area contributed by atoms with E-state index in [1.807, 2.05) is 44.2 Å². The molecule has 0 bridgehead atoms. The Hall–Kier alpha value is -2.25. The number of nitrogens with zero attached hydrogens (tertiary/aromatic N) is 5. The van der Waals surface area contributed by atoms with Gasteiger partial charge in [-0.25, -0.2) is 4.39 Å². The molecule has 1 aliphatic heterocycles. The number of likely N-dealkylation sites (N-methyl/N-ethyl adjacent to an activating group) is 1. The van der Waals surface area contributed by atoms with Crippen molar-refractivity contribution in [1.29, 1.82) is 0 Å². The highest BCUT2D eigenvalue weighted by molar-refractivity contribution is 5.92. The molecule has 6 nitrogen and oxygen atoms in total. The predicted molar refractivity (Wildman–Crippen MR) is 126 cm³/mol. The summed E-state index contributed by atoms with van der Waals surface area (Å²) < 4.78 is 15.8. The van der Waals surface area contributed by atoms with Crippen LogP contribution < -0.4 is 0 Å². The number of aryl methyl sites for hydroxylation is 2. The molecule has 0 aliphatic carbocycles. The van der Waals surface area contributed by atoms with Crippen molar-refractivity contribution < 1.29 is 9.18 Å². The normalized spacial score (nSPS) is 17.1. The van der Waals surface area contributed by atoms with Crippen LogP contribution in [0.3, 0.4) is 0 Å². The van der Waals surface area contributed by atoms with E-state index in [1.165, 1.54) is 6.07 Å². The van der Waals surface area contributed by atoms with Crippen molar-refractivity contribution in [3.63, 3.8) is 0 Å². The van der Waals surface area contributed by atoms with E-state index in [9.17, 15) is 9.18 Å². The molecular formula is C25H38FN5O. The first-order chi connectivity index (χ1) is 15.4. The van der Waals surface area contributed by atoms with Gasteiger partial charge in [-0.05, 0) is 58.0 Å². The van der Waals surface area contributed by atoms with Crippen LogP contribution in [-0.4, -0.2) is 77.2 Å². The standard InChI is InChI=1S/C25H38FN5O/c1-5-9-22-16-24(29(4)27-22)25(32)31(15-14-28(2)3)18-20-10-8-13-30(17-20)19-21-11-6-7-12-23(21)26/h6-7,11-12,16,20H,5,8-10,13-15,17-19H2,1-4H3/t20-/m1/s1. The van der Waals surface area contributed by atoms with Gasteiger partial charge in [-0.1, -0.05) is 31.5 Å². The van der Waals surface area contributed by atoms with Gasteiger partial charge in [0.25, 0.3) is 5.91 Å². The molecule has 7 heteroatoms. The van der Waals surface area contributed by atoms with Crippen molar-refractivity contribution in [3.8, 4) is 0 Å². The third kappa shape index (κ3) is 6.62. The molecule has 0 saturated carbocycles. The number of hydrogen-bond acceptors (Lipinski definition) is 4. The molecular weight excluding hydrogens is 405 g/mol. The van der Waals surface area contributed by atoms with Gasteiger partial charge < -0.3 is 9.80 Å². The Bertz CT molecular complexity index is 881. The number of carbonyl (C=O) groups excluding carboxylic acids is 1. The fourth-order valence-corrected chi connectivity index (χ4v) is 4.49. The van der Waals surface area contributed by atoms with Crippen molar-refractivity contribution in [2.24, 2.45) is 13.0 Å². The second-order valence-corrected chi connectivity index (χ2v) is 9.28. The van der Waals surface area contributed by atoms with Gasteiger partial charge in [0.15, 0.2) is 0 Å². The number of piperidine rings is 1. The molecule has 1 atom stereocenters. The molecule has 176 valence electrons. The maximum Gasteiger partial charge on any atom is 0.272 e. The summed E-state index contributed by atoms with van der Waals surface area (Å²) in [6.45, 7) is 6.81. The Labute approximate surface area is 192 Å². The highest BCUT2D eigenvalue weighted by Crippen LogP contribution is 2.21. The van der Waals surface area contributed by atoms with Crippen LogP contribution >= 0.6 is 0 Å². The number of hydrogen-bond donors (Lipinski definition) is 0. The van der Waals surface area contributed by atoms with E-state index in [4.69, 9.17) is 0 Å². The smallest absolute Gasteiger partial charge is 0.272 e. The Balaban J connectivity index is 1.69. The van der Waals surface area contributed by atoms with E-state index in [-0.39, 0.29) is 11.7 Å². The third-order valence-electron chi connectivity index (χ3n) is 6.19. The molecule has 0 spiro atoms. The van der Waals surface area contributed by atoms with Crippen LogP contribution in [-0.2, 0) is 20.0 Å². The molecule has 2 heterocycles. The number of halogens is 1. The molecule has 1 saturated heterocycles. The van der Waals surface area contributed by atoms with E-state index in [2.05, 4.69) is 21.8 Å². The first kappa shape index (κ1) is 24.4. The SMILES string of the molecule is CCCc1cc(C(=O)N(CCN(C)C)C[C@@H]2CCCN(Cc3ccccc3F)C2)n(C)n1. The van der Waals surface area contributed by atoms with Gasteiger partial charge in [-0.3, -0.25) is 14.4 Å². The summed E-state index contributed by atoms with van der Waals surface area (Å²) in [4.78, 5) is 19.9. The summed E-state index contributed by atoms with van der Waals surface area (Å²) in [5.41, 5.74) is 2.37. The number of amides is 1. The lowest BCUT2D eigenvalue weighted by Gasteiger charge is -2.36. The van der Waals surface area contributed by atoms with E-state index >= 15 is 0 Å². The second kappa shape index (κ2) is 11.6. The van der Waals surface area contributed by atoms with Gasteiger partial charge in [0.2, 0.25) is 0 Å². The van der Waals surface area contributed by atoms with E-state index in [1.54, 1.807) is 10.7 Å². The maximum absolute atomic E-state index is 14.1. The lowest BCUT2D eigenvalue weighted by atomic mass is 9.96. The van der Waals surface area contributed by atoms with E-state index in [0.717, 1.165) is 63.1 Å². The molecule has 1 aromatic heterocycles. The van der Waals surface area contributed by atoms with Gasteiger partial charge in [-0.2, -0.15) is 5.10 Å². The fourth-order valence-electron chi connectivity index (χ4n) is 4.49. The Morgan fingerprint density at radius 1 is 1.25 bits per heavy atom. The minimum absolute atomic E-state index is 0.0513. The fraction of sp³-hybridized carbons (Fsp3) is 0.600. The minimum Gasteiger partial charge on any atom is -0.336 e. The summed E-state index contributed by atoms with van der Waals surface area (Å²) in [6, 6.07) is 8.96. The largest absolute Gasteiger partial charge is 0.336 e. The molecule has 1 aliphatic rings. The summed E-state index contributed by atoms with van der Waals surface area (Å²) in [7, 11) is 5.92. The zero-order chi connectivity index (χ0) is 23.1. The summed E-state index contributed by atoms with van der Waals surface area (Å²) >= 11 is 0. The zero-order valence-corrected chi connectivity index (χ0v) is 20.1. The Morgan fingerprint density at radius 3 is 2.75 bits per heavy atom. The van der Waals surface area contributed by atoms with Crippen LogP contribution in [0.4, 0.5) is 4.39 Å². The predicted octanol–water partition coefficient (Wildman–Crippen LogP) is 3.43. The monoisotopic (exact) mass is 443 g/mol. The maximum atomic E-state index is 14.1. The number of benzene rings is 1. The zero-order valence-electron chi connectivity index (χ0n) is 20.1. The van der Waals surface area contributed by atoms with Crippen LogP contribution in [0.5, 0.6) is 0 Å². The van der Waals surface area contributed by atoms with Crippen LogP contribution in [0.15, 0.2) is 30.3 Å². The van der Waals surface area contributed by atoms with Gasteiger partial charge in [0.05, 0.1) is 5.69 Å². The highest BCUT2D eigenvalue weighted by atomic mass is 19.1. The van der Waals surface area contributed by atoms with Crippen molar-refractivity contribution >= 4 is 5.91 Å². The summed E-state index contributed by atoms with van der Waals surface area (Å²) in [5.74, 6) is 0.289. The van der Waals surface area contributed by atoms with Crippen molar-refractivity contribution in [2.45, 2.75) is 39.2 Å². The lowest BCUT2D eigenvalue weighted by Crippen LogP contribution is -2.45. The molecule has 0 unspecified atom stereocenters. The number of likely N-dealkylation sites (tertiary alicyclic amines) is 1. The highest BCUT2D eigenvalue weighted by Gasteiger charge is 2.27. The average molecular weight is 444 g/mol. The quantitative estimate of drug-likeness (QED) is 0.564. The first-order valence-corrected chi connectivity index (χ1v) is 11.8.